The third kappa shape index (κ3) is 5.70. The summed E-state index contributed by atoms with van der Waals surface area (Å²) in [4.78, 5) is 34.9. The quantitative estimate of drug-likeness (QED) is 0.552. The van der Waals surface area contributed by atoms with Crippen molar-refractivity contribution in [2.45, 2.75) is 45.0 Å². The van der Waals surface area contributed by atoms with Crippen molar-refractivity contribution in [1.29, 1.82) is 0 Å². The Hall–Kier alpha value is -2.65. The Labute approximate surface area is 200 Å². The van der Waals surface area contributed by atoms with Gasteiger partial charge < -0.3 is 25.3 Å². The molecule has 10 nitrogen and oxygen atoms in total. The molecule has 2 aliphatic heterocycles. The molecule has 4 heterocycles. The number of hydrogen-bond acceptors (Lipinski definition) is 10. The number of amides is 1. The number of aryl methyl sites for hydroxylation is 2. The van der Waals surface area contributed by atoms with E-state index in [4.69, 9.17) is 29.8 Å². The summed E-state index contributed by atoms with van der Waals surface area (Å²) in [6.07, 6.45) is -3.99. The van der Waals surface area contributed by atoms with Gasteiger partial charge in [0.1, 0.15) is 16.4 Å². The predicted molar refractivity (Wildman–Crippen MR) is 119 cm³/mol. The molecule has 0 aliphatic carbocycles. The number of ether oxygens (including phenoxy) is 1. The van der Waals surface area contributed by atoms with Gasteiger partial charge in [-0.2, -0.15) is 13.2 Å². The van der Waals surface area contributed by atoms with Gasteiger partial charge in [-0.15, -0.1) is 11.3 Å². The number of anilines is 1. The van der Waals surface area contributed by atoms with Gasteiger partial charge in [0.15, 0.2) is 11.1 Å². The van der Waals surface area contributed by atoms with E-state index in [2.05, 4.69) is 22.2 Å². The number of aliphatic imine (C=N–C) groups is 1. The van der Waals surface area contributed by atoms with Crippen LogP contribution in [0.15, 0.2) is 14.8 Å². The number of amidine groups is 1. The summed E-state index contributed by atoms with van der Waals surface area (Å²) >= 11 is 3.04. The fourth-order valence-corrected chi connectivity index (χ4v) is 5.50. The summed E-state index contributed by atoms with van der Waals surface area (Å²) in [5, 5.41) is 13.1. The molecular weight excluding hydrogens is 499 g/mol. The Balaban J connectivity index is 0.000000406. The fraction of sp³-hybridized carbons (Fsp3) is 0.526. The summed E-state index contributed by atoms with van der Waals surface area (Å²) < 4.78 is 43.0. The molecule has 0 radical (unpaired) electrons. The number of aromatic nitrogens is 2. The number of halogens is 3. The molecule has 34 heavy (non-hydrogen) atoms. The molecule has 2 aliphatic rings. The van der Waals surface area contributed by atoms with E-state index in [-0.39, 0.29) is 17.8 Å². The second kappa shape index (κ2) is 9.92. The van der Waals surface area contributed by atoms with Gasteiger partial charge >= 0.3 is 12.1 Å². The molecule has 2 aromatic heterocycles. The van der Waals surface area contributed by atoms with Crippen molar-refractivity contribution in [1.82, 2.24) is 9.97 Å². The molecule has 0 bridgehead atoms. The van der Waals surface area contributed by atoms with Crippen LogP contribution in [-0.4, -0.2) is 56.8 Å². The van der Waals surface area contributed by atoms with E-state index in [0.29, 0.717) is 35.1 Å². The van der Waals surface area contributed by atoms with Crippen LogP contribution < -0.4 is 11.1 Å². The number of nitrogens with two attached hydrogens (primary N) is 1. The van der Waals surface area contributed by atoms with Crippen molar-refractivity contribution in [3.05, 3.63) is 27.7 Å². The van der Waals surface area contributed by atoms with Gasteiger partial charge in [-0.25, -0.2) is 19.8 Å². The maximum absolute atomic E-state index is 12.5. The van der Waals surface area contributed by atoms with E-state index < -0.39 is 17.7 Å². The molecule has 186 valence electrons. The van der Waals surface area contributed by atoms with E-state index >= 15 is 0 Å². The number of aliphatic carboxylic acids is 1. The van der Waals surface area contributed by atoms with Crippen LogP contribution in [0.2, 0.25) is 0 Å². The van der Waals surface area contributed by atoms with Crippen molar-refractivity contribution < 1.29 is 37.0 Å². The lowest BCUT2D eigenvalue weighted by molar-refractivity contribution is -0.192. The normalized spacial score (nSPS) is 24.4. The van der Waals surface area contributed by atoms with E-state index in [9.17, 15) is 18.0 Å². The highest BCUT2D eigenvalue weighted by Gasteiger charge is 2.49. The molecule has 0 spiro atoms. The molecule has 1 fully saturated rings. The minimum absolute atomic E-state index is 0.190. The third-order valence-corrected chi connectivity index (χ3v) is 7.06. The number of hydrogen-bond donors (Lipinski definition) is 3. The summed E-state index contributed by atoms with van der Waals surface area (Å²) in [7, 11) is 0. The molecular formula is C19H22F3N5O5S2. The number of oxazole rings is 1. The van der Waals surface area contributed by atoms with Gasteiger partial charge in [0.2, 0.25) is 5.76 Å². The zero-order valence-corrected chi connectivity index (χ0v) is 19.9. The largest absolute Gasteiger partial charge is 0.490 e. The van der Waals surface area contributed by atoms with Crippen molar-refractivity contribution in [3.8, 4) is 0 Å². The van der Waals surface area contributed by atoms with Crippen LogP contribution in [0.25, 0.3) is 0 Å². The van der Waals surface area contributed by atoms with E-state index in [1.54, 1.807) is 25.6 Å². The van der Waals surface area contributed by atoms with Gasteiger partial charge in [0, 0.05) is 24.0 Å². The summed E-state index contributed by atoms with van der Waals surface area (Å²) in [6, 6.07) is 0. The topological polar surface area (TPSA) is 153 Å². The number of nitrogens with zero attached hydrogens (tertiary/aromatic N) is 3. The van der Waals surface area contributed by atoms with Gasteiger partial charge in [0.25, 0.3) is 5.91 Å². The summed E-state index contributed by atoms with van der Waals surface area (Å²) in [5.41, 5.74) is 6.00. The fourth-order valence-electron chi connectivity index (χ4n) is 3.52. The molecule has 0 saturated carbocycles. The molecule has 0 aromatic carbocycles. The zero-order chi connectivity index (χ0) is 25.3. The number of alkyl halides is 3. The highest BCUT2D eigenvalue weighted by Crippen LogP contribution is 2.47. The van der Waals surface area contributed by atoms with E-state index in [1.165, 1.54) is 11.3 Å². The highest BCUT2D eigenvalue weighted by atomic mass is 32.2. The Morgan fingerprint density at radius 1 is 1.32 bits per heavy atom. The zero-order valence-electron chi connectivity index (χ0n) is 18.3. The Morgan fingerprint density at radius 3 is 2.59 bits per heavy atom. The van der Waals surface area contributed by atoms with E-state index in [1.807, 2.05) is 5.38 Å². The first-order valence-electron chi connectivity index (χ1n) is 9.93. The number of rotatable bonds is 3. The lowest BCUT2D eigenvalue weighted by Crippen LogP contribution is -2.49. The Bertz CT molecular complexity index is 1100. The first-order valence-corrected chi connectivity index (χ1v) is 11.8. The third-order valence-electron chi connectivity index (χ3n) is 5.09. The van der Waals surface area contributed by atoms with Crippen LogP contribution in [0.3, 0.4) is 0 Å². The molecule has 2 aromatic rings. The standard InChI is InChI=1S/C17H21N5O3S2.C2HF3O2/c1-8-4-11-5-27-16(18)22-17(11,7-24-8)15-21-12(6-26-15)20-14(23)13-9(2)19-10(3)25-13;3-2(4,5)1(6)7/h6,8,11H,4-5,7H2,1-3H3,(H2,18,22)(H,20,23);(H,6,7)/t8-,11-,17-;/m0./s1. The number of nitrogens with one attached hydrogen (secondary N) is 1. The van der Waals surface area contributed by atoms with Gasteiger partial charge in [-0.1, -0.05) is 11.8 Å². The number of thiazole rings is 1. The van der Waals surface area contributed by atoms with Crippen LogP contribution in [-0.2, 0) is 15.1 Å². The number of fused-ring (bicyclic) bond motifs is 1. The summed E-state index contributed by atoms with van der Waals surface area (Å²) in [5.74, 6) is -0.816. The first kappa shape index (κ1) is 26.0. The molecule has 1 amide bonds. The lowest BCUT2D eigenvalue weighted by Gasteiger charge is -2.44. The second-order valence-electron chi connectivity index (χ2n) is 7.68. The SMILES string of the molecule is Cc1nc(C)c(C(=O)Nc2csc([C@]34CO[C@@H](C)C[C@H]3CSC(N)=N4)n2)o1.O=C(O)C(F)(F)F. The minimum atomic E-state index is -5.08. The molecule has 0 unspecified atom stereocenters. The van der Waals surface area contributed by atoms with Gasteiger partial charge in [-0.3, -0.25) is 4.79 Å². The molecule has 1 saturated heterocycles. The van der Waals surface area contributed by atoms with E-state index in [0.717, 1.165) is 17.2 Å². The first-order chi connectivity index (χ1) is 15.8. The molecule has 4 rings (SSSR count). The average Bonchev–Trinajstić information content (AvgIpc) is 3.34. The number of carboxylic acids is 1. The van der Waals surface area contributed by atoms with Crippen LogP contribution in [0.1, 0.15) is 40.5 Å². The van der Waals surface area contributed by atoms with Crippen molar-refractivity contribution in [2.24, 2.45) is 16.6 Å². The van der Waals surface area contributed by atoms with Crippen molar-refractivity contribution in [2.75, 3.05) is 17.7 Å². The van der Waals surface area contributed by atoms with Crippen LogP contribution in [0, 0.1) is 19.8 Å². The van der Waals surface area contributed by atoms with Gasteiger partial charge in [0.05, 0.1) is 18.4 Å². The predicted octanol–water partition coefficient (Wildman–Crippen LogP) is 3.32. The second-order valence-corrected chi connectivity index (χ2v) is 9.58. The molecule has 15 heteroatoms. The van der Waals surface area contributed by atoms with Crippen molar-refractivity contribution >= 4 is 46.0 Å². The monoisotopic (exact) mass is 521 g/mol. The van der Waals surface area contributed by atoms with Crippen molar-refractivity contribution in [3.63, 3.8) is 0 Å². The van der Waals surface area contributed by atoms with Gasteiger partial charge in [-0.05, 0) is 20.3 Å². The molecule has 4 N–H and O–H groups in total. The highest BCUT2D eigenvalue weighted by molar-refractivity contribution is 8.13. The van der Waals surface area contributed by atoms with Crippen LogP contribution >= 0.6 is 23.1 Å². The summed E-state index contributed by atoms with van der Waals surface area (Å²) in [6.45, 7) is 5.96. The minimum Gasteiger partial charge on any atom is -0.475 e. The number of carbonyl (C=O) groups is 2. The smallest absolute Gasteiger partial charge is 0.475 e. The maximum atomic E-state index is 12.5. The number of carboxylic acid groups (broad SMARTS) is 1. The molecule has 3 atom stereocenters. The number of thioether (sulfide) groups is 1. The Kier molecular flexibility index (Phi) is 7.57. The Morgan fingerprint density at radius 2 is 2.00 bits per heavy atom. The average molecular weight is 522 g/mol. The van der Waals surface area contributed by atoms with Crippen LogP contribution in [0.5, 0.6) is 0 Å². The maximum Gasteiger partial charge on any atom is 0.490 e. The van der Waals surface area contributed by atoms with Crippen LogP contribution in [0.4, 0.5) is 19.0 Å². The lowest BCUT2D eigenvalue weighted by atomic mass is 9.80. The number of carbonyl (C=O) groups excluding carboxylic acids is 1.